The summed E-state index contributed by atoms with van der Waals surface area (Å²) in [6, 6.07) is 13.1. The SMILES string of the molecule is CSc1ccc(NC2=C(c3ccccc3[N+](=O)[O-])C(=O)NC2=O)cc1. The molecule has 1 aliphatic heterocycles. The van der Waals surface area contributed by atoms with Gasteiger partial charge in [-0.2, -0.15) is 0 Å². The van der Waals surface area contributed by atoms with Crippen molar-refractivity contribution in [2.24, 2.45) is 0 Å². The van der Waals surface area contributed by atoms with Crippen molar-refractivity contribution in [3.8, 4) is 0 Å². The summed E-state index contributed by atoms with van der Waals surface area (Å²) in [5.74, 6) is -1.28. The number of amides is 2. The van der Waals surface area contributed by atoms with E-state index in [1.807, 2.05) is 18.4 Å². The third-order valence-electron chi connectivity index (χ3n) is 3.66. The third kappa shape index (κ3) is 3.24. The lowest BCUT2D eigenvalue weighted by Gasteiger charge is -2.09. The Morgan fingerprint density at radius 3 is 2.36 bits per heavy atom. The van der Waals surface area contributed by atoms with Gasteiger partial charge in [-0.1, -0.05) is 12.1 Å². The number of hydrogen-bond donors (Lipinski definition) is 2. The largest absolute Gasteiger partial charge is 0.350 e. The standard InChI is InChI=1S/C17H13N3O4S/c1-25-11-8-6-10(7-9-11)18-15-14(16(21)19-17(15)22)12-4-2-3-5-13(12)20(23)24/h2-9H,1H3,(H2,18,19,21,22). The summed E-state index contributed by atoms with van der Waals surface area (Å²) in [5, 5.41) is 16.3. The van der Waals surface area contributed by atoms with Gasteiger partial charge in [-0.25, -0.2) is 0 Å². The van der Waals surface area contributed by atoms with Crippen molar-refractivity contribution in [2.75, 3.05) is 11.6 Å². The maximum atomic E-state index is 12.2. The number of nitrogens with zero attached hydrogens (tertiary/aromatic N) is 1. The normalized spacial score (nSPS) is 13.8. The van der Waals surface area contributed by atoms with Crippen LogP contribution in [0, 0.1) is 10.1 Å². The smallest absolute Gasteiger partial charge is 0.277 e. The summed E-state index contributed by atoms with van der Waals surface area (Å²) in [5.41, 5.74) is 0.426. The molecule has 0 aromatic heterocycles. The summed E-state index contributed by atoms with van der Waals surface area (Å²) < 4.78 is 0. The number of anilines is 1. The van der Waals surface area contributed by atoms with Crippen LogP contribution in [0.25, 0.3) is 5.57 Å². The van der Waals surface area contributed by atoms with Gasteiger partial charge in [0.15, 0.2) is 0 Å². The van der Waals surface area contributed by atoms with Gasteiger partial charge in [0.1, 0.15) is 5.70 Å². The van der Waals surface area contributed by atoms with E-state index < -0.39 is 16.7 Å². The minimum atomic E-state index is -0.664. The summed E-state index contributed by atoms with van der Waals surface area (Å²) in [6.07, 6.45) is 1.95. The summed E-state index contributed by atoms with van der Waals surface area (Å²) in [7, 11) is 0. The second kappa shape index (κ2) is 6.78. The highest BCUT2D eigenvalue weighted by Crippen LogP contribution is 2.31. The topological polar surface area (TPSA) is 101 Å². The lowest BCUT2D eigenvalue weighted by atomic mass is 10.0. The molecule has 2 amide bonds. The number of nitro groups is 1. The molecule has 0 spiro atoms. The Morgan fingerprint density at radius 1 is 1.04 bits per heavy atom. The maximum absolute atomic E-state index is 12.2. The predicted octanol–water partition coefficient (Wildman–Crippen LogP) is 2.80. The van der Waals surface area contributed by atoms with Crippen molar-refractivity contribution in [3.05, 3.63) is 69.9 Å². The van der Waals surface area contributed by atoms with Crippen LogP contribution in [-0.4, -0.2) is 23.0 Å². The Hall–Kier alpha value is -3.13. The first-order valence-corrected chi connectivity index (χ1v) is 8.48. The van der Waals surface area contributed by atoms with E-state index in [0.717, 1.165) is 4.90 Å². The number of carbonyl (C=O) groups is 2. The lowest BCUT2D eigenvalue weighted by Crippen LogP contribution is -2.24. The second-order valence-electron chi connectivity index (χ2n) is 5.16. The van der Waals surface area contributed by atoms with Crippen molar-refractivity contribution >= 4 is 40.5 Å². The number of nitro benzene ring substituents is 1. The Morgan fingerprint density at radius 2 is 1.72 bits per heavy atom. The number of para-hydroxylation sites is 1. The predicted molar refractivity (Wildman–Crippen MR) is 95.0 cm³/mol. The van der Waals surface area contributed by atoms with Gasteiger partial charge in [-0.3, -0.25) is 25.0 Å². The van der Waals surface area contributed by atoms with Crippen LogP contribution < -0.4 is 10.6 Å². The molecule has 2 N–H and O–H groups in total. The minimum absolute atomic E-state index is 0.00352. The molecule has 1 heterocycles. The molecule has 0 radical (unpaired) electrons. The molecule has 2 aromatic rings. The quantitative estimate of drug-likeness (QED) is 0.370. The number of hydrogen-bond acceptors (Lipinski definition) is 6. The monoisotopic (exact) mass is 355 g/mol. The van der Waals surface area contributed by atoms with E-state index in [9.17, 15) is 19.7 Å². The first-order valence-electron chi connectivity index (χ1n) is 7.26. The molecular formula is C17H13N3O4S. The maximum Gasteiger partial charge on any atom is 0.277 e. The van der Waals surface area contributed by atoms with Gasteiger partial charge in [0.2, 0.25) is 0 Å². The number of rotatable bonds is 5. The van der Waals surface area contributed by atoms with Crippen LogP contribution in [0.3, 0.4) is 0 Å². The molecule has 0 saturated carbocycles. The molecule has 1 aliphatic rings. The van der Waals surface area contributed by atoms with Gasteiger partial charge in [-0.15, -0.1) is 11.8 Å². The van der Waals surface area contributed by atoms with Crippen LogP contribution in [0.4, 0.5) is 11.4 Å². The molecule has 25 heavy (non-hydrogen) atoms. The third-order valence-corrected chi connectivity index (χ3v) is 4.40. The Kier molecular flexibility index (Phi) is 4.53. The Labute approximate surface area is 147 Å². The Bertz CT molecular complexity index is 906. The van der Waals surface area contributed by atoms with Crippen LogP contribution >= 0.6 is 11.8 Å². The van der Waals surface area contributed by atoms with E-state index in [1.54, 1.807) is 30.0 Å². The van der Waals surface area contributed by atoms with Gasteiger partial charge in [0, 0.05) is 16.6 Å². The zero-order chi connectivity index (χ0) is 18.0. The number of nitrogens with one attached hydrogen (secondary N) is 2. The van der Waals surface area contributed by atoms with E-state index in [2.05, 4.69) is 10.6 Å². The minimum Gasteiger partial charge on any atom is -0.350 e. The molecule has 0 unspecified atom stereocenters. The molecule has 0 bridgehead atoms. The highest BCUT2D eigenvalue weighted by Gasteiger charge is 2.34. The van der Waals surface area contributed by atoms with Crippen molar-refractivity contribution in [1.82, 2.24) is 5.32 Å². The average Bonchev–Trinajstić information content (AvgIpc) is 2.89. The zero-order valence-corrected chi connectivity index (χ0v) is 13.9. The summed E-state index contributed by atoms with van der Waals surface area (Å²) in [4.78, 5) is 36.1. The van der Waals surface area contributed by atoms with Crippen molar-refractivity contribution < 1.29 is 14.5 Å². The number of benzene rings is 2. The van der Waals surface area contributed by atoms with Crippen molar-refractivity contribution in [1.29, 1.82) is 0 Å². The van der Waals surface area contributed by atoms with E-state index in [1.165, 1.54) is 18.2 Å². The lowest BCUT2D eigenvalue weighted by molar-refractivity contribution is -0.385. The first-order chi connectivity index (χ1) is 12.0. The molecule has 7 nitrogen and oxygen atoms in total. The molecule has 0 saturated heterocycles. The zero-order valence-electron chi connectivity index (χ0n) is 13.1. The molecule has 8 heteroatoms. The highest BCUT2D eigenvalue weighted by atomic mass is 32.2. The Balaban J connectivity index is 2.08. The van der Waals surface area contributed by atoms with Gasteiger partial charge < -0.3 is 5.32 Å². The van der Waals surface area contributed by atoms with Crippen LogP contribution in [-0.2, 0) is 9.59 Å². The van der Waals surface area contributed by atoms with Crippen molar-refractivity contribution in [3.63, 3.8) is 0 Å². The number of imide groups is 1. The highest BCUT2D eigenvalue weighted by molar-refractivity contribution is 7.98. The second-order valence-corrected chi connectivity index (χ2v) is 6.04. The summed E-state index contributed by atoms with van der Waals surface area (Å²) >= 11 is 1.58. The fourth-order valence-corrected chi connectivity index (χ4v) is 2.90. The molecule has 0 aliphatic carbocycles. The molecule has 0 atom stereocenters. The van der Waals surface area contributed by atoms with Crippen molar-refractivity contribution in [2.45, 2.75) is 4.90 Å². The van der Waals surface area contributed by atoms with E-state index in [-0.39, 0.29) is 22.5 Å². The van der Waals surface area contributed by atoms with Crippen LogP contribution in [0.1, 0.15) is 5.56 Å². The van der Waals surface area contributed by atoms with E-state index in [4.69, 9.17) is 0 Å². The summed E-state index contributed by atoms with van der Waals surface area (Å²) in [6.45, 7) is 0. The molecular weight excluding hydrogens is 342 g/mol. The first kappa shape index (κ1) is 16.7. The molecule has 3 rings (SSSR count). The van der Waals surface area contributed by atoms with Crippen LogP contribution in [0.5, 0.6) is 0 Å². The average molecular weight is 355 g/mol. The number of carbonyl (C=O) groups excluding carboxylic acids is 2. The van der Waals surface area contributed by atoms with Crippen LogP contribution in [0.2, 0.25) is 0 Å². The molecule has 126 valence electrons. The van der Waals surface area contributed by atoms with Gasteiger partial charge in [0.05, 0.1) is 16.1 Å². The molecule has 0 fully saturated rings. The fraction of sp³-hybridized carbons (Fsp3) is 0.0588. The van der Waals surface area contributed by atoms with E-state index >= 15 is 0 Å². The van der Waals surface area contributed by atoms with Crippen LogP contribution in [0.15, 0.2) is 59.1 Å². The molecule has 2 aromatic carbocycles. The van der Waals surface area contributed by atoms with Gasteiger partial charge in [-0.05, 0) is 36.6 Å². The van der Waals surface area contributed by atoms with Gasteiger partial charge >= 0.3 is 0 Å². The number of thioether (sulfide) groups is 1. The van der Waals surface area contributed by atoms with E-state index in [0.29, 0.717) is 5.69 Å². The van der Waals surface area contributed by atoms with Gasteiger partial charge in [0.25, 0.3) is 17.5 Å². The fourth-order valence-electron chi connectivity index (χ4n) is 2.49.